The van der Waals surface area contributed by atoms with Gasteiger partial charge in [-0.2, -0.15) is 4.31 Å². The number of likely N-dealkylation sites (N-methyl/N-ethyl adjacent to an activating group) is 1. The van der Waals surface area contributed by atoms with Gasteiger partial charge in [0, 0.05) is 52.4 Å². The molecular formula is C22H29N5O7S. The zero-order valence-corrected chi connectivity index (χ0v) is 20.6. The van der Waals surface area contributed by atoms with Crippen molar-refractivity contribution in [2.45, 2.75) is 11.8 Å². The van der Waals surface area contributed by atoms with Gasteiger partial charge >= 0.3 is 5.88 Å². The molecule has 2 aromatic rings. The summed E-state index contributed by atoms with van der Waals surface area (Å²) in [5, 5.41) is 10.8. The molecule has 2 fully saturated rings. The van der Waals surface area contributed by atoms with Crippen LogP contribution in [0.15, 0.2) is 39.6 Å². The predicted octanol–water partition coefficient (Wildman–Crippen LogP) is 1.48. The lowest BCUT2D eigenvalue weighted by Crippen LogP contribution is -2.49. The summed E-state index contributed by atoms with van der Waals surface area (Å²) in [6, 6.07) is 7.30. The van der Waals surface area contributed by atoms with Crippen molar-refractivity contribution in [3.05, 3.63) is 46.2 Å². The molecule has 35 heavy (non-hydrogen) atoms. The maximum absolute atomic E-state index is 13.3. The Hall–Kier alpha value is -3.16. The van der Waals surface area contributed by atoms with Crippen LogP contribution in [0.5, 0.6) is 5.75 Å². The molecule has 0 aliphatic carbocycles. The molecule has 12 nitrogen and oxygen atoms in total. The second kappa shape index (κ2) is 10.2. The summed E-state index contributed by atoms with van der Waals surface area (Å²) in [6.07, 6.45) is 0. The molecule has 1 amide bonds. The van der Waals surface area contributed by atoms with E-state index < -0.39 is 26.7 Å². The van der Waals surface area contributed by atoms with Gasteiger partial charge in [0.1, 0.15) is 10.7 Å². The molecule has 0 N–H and O–H groups in total. The van der Waals surface area contributed by atoms with Crippen molar-refractivity contribution < 1.29 is 27.3 Å². The standard InChI is InChI=1S/C22H29N5O7S/c1-3-23-8-14-26(15-9-23)35(31,32)17-4-5-19(33-2)18(16-17)24-10-12-25(13-11-24)22(28)20-6-7-21(34-20)27(29)30/h4-7,16H,3,8-15H2,1-2H3. The molecule has 0 atom stereocenters. The molecule has 0 radical (unpaired) electrons. The first-order valence-electron chi connectivity index (χ1n) is 11.4. The van der Waals surface area contributed by atoms with E-state index in [4.69, 9.17) is 9.15 Å². The number of hydrogen-bond donors (Lipinski definition) is 0. The first-order chi connectivity index (χ1) is 16.7. The second-order valence-electron chi connectivity index (χ2n) is 8.35. The number of benzene rings is 1. The van der Waals surface area contributed by atoms with Crippen LogP contribution in [0.1, 0.15) is 17.5 Å². The fourth-order valence-electron chi connectivity index (χ4n) is 4.36. The molecule has 2 aliphatic heterocycles. The molecule has 1 aromatic carbocycles. The number of anilines is 1. The molecule has 0 saturated carbocycles. The van der Waals surface area contributed by atoms with E-state index in [1.165, 1.54) is 17.5 Å². The Morgan fingerprint density at radius 1 is 1.06 bits per heavy atom. The van der Waals surface area contributed by atoms with Crippen molar-refractivity contribution in [2.24, 2.45) is 0 Å². The number of carbonyl (C=O) groups excluding carboxylic acids is 1. The first kappa shape index (κ1) is 24.9. The maximum atomic E-state index is 13.3. The van der Waals surface area contributed by atoms with Gasteiger partial charge in [0.05, 0.1) is 23.8 Å². The van der Waals surface area contributed by atoms with Gasteiger partial charge in [-0.05, 0) is 30.8 Å². The van der Waals surface area contributed by atoms with Crippen molar-refractivity contribution >= 4 is 27.5 Å². The van der Waals surface area contributed by atoms with E-state index in [1.807, 2.05) is 4.90 Å². The number of methoxy groups -OCH3 is 1. The van der Waals surface area contributed by atoms with E-state index >= 15 is 0 Å². The monoisotopic (exact) mass is 507 g/mol. The van der Waals surface area contributed by atoms with Crippen LogP contribution in [0.2, 0.25) is 0 Å². The van der Waals surface area contributed by atoms with Crippen molar-refractivity contribution in [3.63, 3.8) is 0 Å². The average molecular weight is 508 g/mol. The number of nitrogens with zero attached hydrogens (tertiary/aromatic N) is 5. The minimum absolute atomic E-state index is 0.0843. The fourth-order valence-corrected chi connectivity index (χ4v) is 5.80. The van der Waals surface area contributed by atoms with Crippen LogP contribution < -0.4 is 9.64 Å². The first-order valence-corrected chi connectivity index (χ1v) is 12.9. The average Bonchev–Trinajstić information content (AvgIpc) is 3.39. The van der Waals surface area contributed by atoms with Crippen molar-refractivity contribution in [1.82, 2.24) is 14.1 Å². The Labute approximate surface area is 203 Å². The topological polar surface area (TPSA) is 130 Å². The van der Waals surface area contributed by atoms with Gasteiger partial charge < -0.3 is 23.9 Å². The predicted molar refractivity (Wildman–Crippen MR) is 127 cm³/mol. The van der Waals surface area contributed by atoms with Crippen LogP contribution in [0.3, 0.4) is 0 Å². The number of carbonyl (C=O) groups is 1. The van der Waals surface area contributed by atoms with E-state index in [2.05, 4.69) is 11.8 Å². The number of rotatable bonds is 7. The molecule has 4 rings (SSSR count). The molecule has 3 heterocycles. The Bertz CT molecular complexity index is 1180. The molecular weight excluding hydrogens is 478 g/mol. The number of furan rings is 1. The second-order valence-corrected chi connectivity index (χ2v) is 10.3. The molecule has 2 saturated heterocycles. The van der Waals surface area contributed by atoms with E-state index in [-0.39, 0.29) is 10.7 Å². The highest BCUT2D eigenvalue weighted by molar-refractivity contribution is 7.89. The third-order valence-corrected chi connectivity index (χ3v) is 8.35. The number of piperazine rings is 2. The van der Waals surface area contributed by atoms with Crippen LogP contribution in [-0.2, 0) is 10.0 Å². The van der Waals surface area contributed by atoms with E-state index in [0.29, 0.717) is 63.8 Å². The Morgan fingerprint density at radius 2 is 1.74 bits per heavy atom. The number of ether oxygens (including phenoxy) is 1. The minimum atomic E-state index is -3.65. The molecule has 0 unspecified atom stereocenters. The number of hydrogen-bond acceptors (Lipinski definition) is 9. The minimum Gasteiger partial charge on any atom is -0.495 e. The van der Waals surface area contributed by atoms with Crippen molar-refractivity contribution in [2.75, 3.05) is 70.9 Å². The highest BCUT2D eigenvalue weighted by atomic mass is 32.2. The SMILES string of the molecule is CCN1CCN(S(=O)(=O)c2ccc(OC)c(N3CCN(C(=O)c4ccc([N+](=O)[O-])o4)CC3)c2)CC1. The van der Waals surface area contributed by atoms with Crippen molar-refractivity contribution in [1.29, 1.82) is 0 Å². The highest BCUT2D eigenvalue weighted by Gasteiger charge is 2.31. The molecule has 0 bridgehead atoms. The summed E-state index contributed by atoms with van der Waals surface area (Å²) in [6.45, 7) is 6.80. The summed E-state index contributed by atoms with van der Waals surface area (Å²) >= 11 is 0. The fraction of sp³-hybridized carbons (Fsp3) is 0.500. The molecule has 2 aliphatic rings. The van der Waals surface area contributed by atoms with Gasteiger partial charge in [0.2, 0.25) is 10.0 Å². The summed E-state index contributed by atoms with van der Waals surface area (Å²) in [5.74, 6) is -0.446. The molecule has 1 aromatic heterocycles. The Balaban J connectivity index is 1.47. The molecule has 190 valence electrons. The largest absolute Gasteiger partial charge is 0.495 e. The Morgan fingerprint density at radius 3 is 2.31 bits per heavy atom. The maximum Gasteiger partial charge on any atom is 0.433 e. The van der Waals surface area contributed by atoms with Gasteiger partial charge in [0.25, 0.3) is 5.91 Å². The third-order valence-electron chi connectivity index (χ3n) is 6.46. The van der Waals surface area contributed by atoms with Crippen LogP contribution >= 0.6 is 0 Å². The van der Waals surface area contributed by atoms with E-state index in [9.17, 15) is 23.3 Å². The number of sulfonamides is 1. The van der Waals surface area contributed by atoms with Gasteiger partial charge in [-0.15, -0.1) is 0 Å². The summed E-state index contributed by atoms with van der Waals surface area (Å²) in [7, 11) is -2.12. The van der Waals surface area contributed by atoms with Gasteiger partial charge in [-0.1, -0.05) is 6.92 Å². The zero-order chi connectivity index (χ0) is 25.2. The van der Waals surface area contributed by atoms with Gasteiger partial charge in [0.15, 0.2) is 5.76 Å². The van der Waals surface area contributed by atoms with Gasteiger partial charge in [-0.25, -0.2) is 8.42 Å². The Kier molecular flexibility index (Phi) is 7.28. The smallest absolute Gasteiger partial charge is 0.433 e. The number of nitro groups is 1. The highest BCUT2D eigenvalue weighted by Crippen LogP contribution is 2.33. The lowest BCUT2D eigenvalue weighted by molar-refractivity contribution is -0.402. The summed E-state index contributed by atoms with van der Waals surface area (Å²) < 4.78 is 38.6. The van der Waals surface area contributed by atoms with E-state index in [0.717, 1.165) is 12.6 Å². The summed E-state index contributed by atoms with van der Waals surface area (Å²) in [5.41, 5.74) is 0.640. The molecule has 13 heteroatoms. The summed E-state index contributed by atoms with van der Waals surface area (Å²) in [4.78, 5) is 28.8. The normalized spacial score (nSPS) is 18.0. The lowest BCUT2D eigenvalue weighted by Gasteiger charge is -2.36. The van der Waals surface area contributed by atoms with Crippen LogP contribution in [0.25, 0.3) is 0 Å². The van der Waals surface area contributed by atoms with E-state index in [1.54, 1.807) is 23.1 Å². The van der Waals surface area contributed by atoms with Gasteiger partial charge in [-0.3, -0.25) is 14.9 Å². The quantitative estimate of drug-likeness (QED) is 0.404. The lowest BCUT2D eigenvalue weighted by atomic mass is 10.2. The number of amides is 1. The van der Waals surface area contributed by atoms with Crippen LogP contribution in [0, 0.1) is 10.1 Å². The third kappa shape index (κ3) is 5.11. The van der Waals surface area contributed by atoms with Crippen LogP contribution in [0.4, 0.5) is 11.6 Å². The zero-order valence-electron chi connectivity index (χ0n) is 19.8. The van der Waals surface area contributed by atoms with Crippen LogP contribution in [-0.4, -0.2) is 99.4 Å². The molecule has 0 spiro atoms. The van der Waals surface area contributed by atoms with Crippen molar-refractivity contribution in [3.8, 4) is 5.75 Å².